The highest BCUT2D eigenvalue weighted by Crippen LogP contribution is 2.21. The van der Waals surface area contributed by atoms with Crippen molar-refractivity contribution >= 4 is 33.2 Å². The molecule has 0 aliphatic rings. The summed E-state index contributed by atoms with van der Waals surface area (Å²) in [6.45, 7) is 1.49. The second kappa shape index (κ2) is 10.4. The Kier molecular flexibility index (Phi) is 7.65. The van der Waals surface area contributed by atoms with Crippen LogP contribution in [0.5, 0.6) is 0 Å². The number of rotatable bonds is 8. The van der Waals surface area contributed by atoms with Gasteiger partial charge in [-0.05, 0) is 54.4 Å². The number of carbonyl (C=O) groups excluding carboxylic acids is 1. The normalized spacial score (nSPS) is 11.2. The molecule has 3 rings (SSSR count). The maximum absolute atomic E-state index is 13.3. The zero-order chi connectivity index (χ0) is 23.1. The maximum atomic E-state index is 13.3. The standard InChI is InChI=1S/C24H22ClN3O3S/c1-18-5-11-23(12-6-18)32(30,31)28(16-20-3-2-4-21(25)15-20)17-24(29)27-22-9-7-19(8-10-22)13-14-26/h2-12,15H,13,16-17H2,1H3,(H,27,29). The van der Waals surface area contributed by atoms with Crippen LogP contribution in [0.25, 0.3) is 0 Å². The fourth-order valence-corrected chi connectivity index (χ4v) is 4.68. The first-order chi connectivity index (χ1) is 15.3. The van der Waals surface area contributed by atoms with Gasteiger partial charge >= 0.3 is 0 Å². The summed E-state index contributed by atoms with van der Waals surface area (Å²) < 4.78 is 27.8. The first-order valence-corrected chi connectivity index (χ1v) is 11.7. The van der Waals surface area contributed by atoms with E-state index in [1.807, 2.05) is 6.92 Å². The van der Waals surface area contributed by atoms with Crippen molar-refractivity contribution in [3.63, 3.8) is 0 Å². The van der Waals surface area contributed by atoms with E-state index in [2.05, 4.69) is 11.4 Å². The predicted octanol–water partition coefficient (Wildman–Crippen LogP) is 4.54. The van der Waals surface area contributed by atoms with Crippen molar-refractivity contribution < 1.29 is 13.2 Å². The van der Waals surface area contributed by atoms with Crippen molar-refractivity contribution in [2.75, 3.05) is 11.9 Å². The van der Waals surface area contributed by atoms with Crippen molar-refractivity contribution in [3.05, 3.63) is 94.5 Å². The van der Waals surface area contributed by atoms with E-state index in [-0.39, 0.29) is 24.4 Å². The van der Waals surface area contributed by atoms with Crippen LogP contribution in [-0.4, -0.2) is 25.2 Å². The lowest BCUT2D eigenvalue weighted by atomic mass is 10.1. The average Bonchev–Trinajstić information content (AvgIpc) is 2.75. The fraction of sp³-hybridized carbons (Fsp3) is 0.167. The molecule has 0 saturated carbocycles. The smallest absolute Gasteiger partial charge is 0.243 e. The summed E-state index contributed by atoms with van der Waals surface area (Å²) in [7, 11) is -3.94. The van der Waals surface area contributed by atoms with Gasteiger partial charge in [0.15, 0.2) is 0 Å². The number of sulfonamides is 1. The van der Waals surface area contributed by atoms with Gasteiger partial charge in [0, 0.05) is 17.3 Å². The Labute approximate surface area is 193 Å². The molecule has 0 aromatic heterocycles. The Morgan fingerprint density at radius 2 is 1.72 bits per heavy atom. The molecule has 3 aromatic rings. The van der Waals surface area contributed by atoms with Gasteiger partial charge in [0.05, 0.1) is 23.9 Å². The van der Waals surface area contributed by atoms with Crippen LogP contribution in [0.1, 0.15) is 16.7 Å². The van der Waals surface area contributed by atoms with Crippen molar-refractivity contribution in [1.82, 2.24) is 4.31 Å². The third kappa shape index (κ3) is 6.17. The van der Waals surface area contributed by atoms with Crippen LogP contribution in [-0.2, 0) is 27.8 Å². The van der Waals surface area contributed by atoms with Crippen molar-refractivity contribution in [2.45, 2.75) is 24.8 Å². The third-order valence-electron chi connectivity index (χ3n) is 4.75. The molecule has 0 aliphatic carbocycles. The number of aryl methyl sites for hydroxylation is 1. The molecule has 0 spiro atoms. The van der Waals surface area contributed by atoms with Gasteiger partial charge in [-0.3, -0.25) is 4.79 Å². The van der Waals surface area contributed by atoms with Crippen LogP contribution in [0.4, 0.5) is 5.69 Å². The Bertz CT molecular complexity index is 1230. The molecular weight excluding hydrogens is 446 g/mol. The lowest BCUT2D eigenvalue weighted by Crippen LogP contribution is -2.37. The molecule has 0 heterocycles. The zero-order valence-electron chi connectivity index (χ0n) is 17.5. The monoisotopic (exact) mass is 467 g/mol. The first kappa shape index (κ1) is 23.5. The summed E-state index contributed by atoms with van der Waals surface area (Å²) in [5.41, 5.74) is 2.95. The Morgan fingerprint density at radius 1 is 1.03 bits per heavy atom. The van der Waals surface area contributed by atoms with Crippen LogP contribution in [0.15, 0.2) is 77.7 Å². The minimum Gasteiger partial charge on any atom is -0.325 e. The van der Waals surface area contributed by atoms with Crippen molar-refractivity contribution in [2.24, 2.45) is 0 Å². The van der Waals surface area contributed by atoms with Gasteiger partial charge in [0.25, 0.3) is 0 Å². The summed E-state index contributed by atoms with van der Waals surface area (Å²) in [5.74, 6) is -0.476. The SMILES string of the molecule is Cc1ccc(S(=O)(=O)N(CC(=O)Nc2ccc(CC#N)cc2)Cc2cccc(Cl)c2)cc1. The van der Waals surface area contributed by atoms with Crippen LogP contribution >= 0.6 is 11.6 Å². The fourth-order valence-electron chi connectivity index (χ4n) is 3.08. The Hall–Kier alpha value is -3.18. The average molecular weight is 468 g/mol. The largest absolute Gasteiger partial charge is 0.325 e. The van der Waals surface area contributed by atoms with Gasteiger partial charge in [-0.25, -0.2) is 8.42 Å². The number of carbonyl (C=O) groups is 1. The van der Waals surface area contributed by atoms with E-state index in [0.29, 0.717) is 16.3 Å². The summed E-state index contributed by atoms with van der Waals surface area (Å²) >= 11 is 6.06. The second-order valence-electron chi connectivity index (χ2n) is 7.30. The van der Waals surface area contributed by atoms with Gasteiger partial charge in [-0.2, -0.15) is 9.57 Å². The molecular formula is C24H22ClN3O3S. The molecule has 3 aromatic carbocycles. The van der Waals surface area contributed by atoms with Gasteiger partial charge in [-0.1, -0.05) is 53.6 Å². The van der Waals surface area contributed by atoms with E-state index in [1.54, 1.807) is 60.7 Å². The maximum Gasteiger partial charge on any atom is 0.243 e. The molecule has 0 fully saturated rings. The molecule has 0 atom stereocenters. The molecule has 8 heteroatoms. The molecule has 0 radical (unpaired) electrons. The molecule has 0 aliphatic heterocycles. The summed E-state index contributed by atoms with van der Waals surface area (Å²) in [4.78, 5) is 12.8. The molecule has 32 heavy (non-hydrogen) atoms. The minimum absolute atomic E-state index is 0.00863. The van der Waals surface area contributed by atoms with Crippen molar-refractivity contribution in [3.8, 4) is 6.07 Å². The highest BCUT2D eigenvalue weighted by molar-refractivity contribution is 7.89. The molecule has 164 valence electrons. The molecule has 1 amide bonds. The van der Waals surface area contributed by atoms with Crippen LogP contribution in [0.2, 0.25) is 5.02 Å². The van der Waals surface area contributed by atoms with E-state index >= 15 is 0 Å². The molecule has 0 saturated heterocycles. The quantitative estimate of drug-likeness (QED) is 0.526. The first-order valence-electron chi connectivity index (χ1n) is 9.85. The highest BCUT2D eigenvalue weighted by atomic mass is 35.5. The predicted molar refractivity (Wildman–Crippen MR) is 125 cm³/mol. The molecule has 0 unspecified atom stereocenters. The molecule has 1 N–H and O–H groups in total. The molecule has 6 nitrogen and oxygen atoms in total. The van der Waals surface area contributed by atoms with Gasteiger partial charge < -0.3 is 5.32 Å². The summed E-state index contributed by atoms with van der Waals surface area (Å²) in [6.07, 6.45) is 0.274. The summed E-state index contributed by atoms with van der Waals surface area (Å²) in [5, 5.41) is 12.0. The number of benzene rings is 3. The minimum atomic E-state index is -3.94. The zero-order valence-corrected chi connectivity index (χ0v) is 19.0. The second-order valence-corrected chi connectivity index (χ2v) is 9.67. The number of nitriles is 1. The van der Waals surface area contributed by atoms with E-state index < -0.39 is 15.9 Å². The Balaban J connectivity index is 1.83. The highest BCUT2D eigenvalue weighted by Gasteiger charge is 2.27. The number of nitrogens with zero attached hydrogens (tertiary/aromatic N) is 2. The number of amides is 1. The van der Waals surface area contributed by atoms with Crippen LogP contribution < -0.4 is 5.32 Å². The number of hydrogen-bond acceptors (Lipinski definition) is 4. The number of anilines is 1. The van der Waals surface area contributed by atoms with Crippen LogP contribution in [0.3, 0.4) is 0 Å². The number of hydrogen-bond donors (Lipinski definition) is 1. The third-order valence-corrected chi connectivity index (χ3v) is 6.79. The molecule has 0 bridgehead atoms. The summed E-state index contributed by atoms with van der Waals surface area (Å²) in [6, 6.07) is 22.3. The van der Waals surface area contributed by atoms with Gasteiger partial charge in [-0.15, -0.1) is 0 Å². The Morgan fingerprint density at radius 3 is 2.34 bits per heavy atom. The van der Waals surface area contributed by atoms with Gasteiger partial charge in [0.1, 0.15) is 0 Å². The lowest BCUT2D eigenvalue weighted by molar-refractivity contribution is -0.116. The number of halogens is 1. The topological polar surface area (TPSA) is 90.3 Å². The number of nitrogens with one attached hydrogen (secondary N) is 1. The van der Waals surface area contributed by atoms with Crippen molar-refractivity contribution in [1.29, 1.82) is 5.26 Å². The van der Waals surface area contributed by atoms with E-state index in [0.717, 1.165) is 15.4 Å². The van der Waals surface area contributed by atoms with E-state index in [4.69, 9.17) is 16.9 Å². The van der Waals surface area contributed by atoms with E-state index in [1.165, 1.54) is 12.1 Å². The van der Waals surface area contributed by atoms with Gasteiger partial charge in [0.2, 0.25) is 15.9 Å². The lowest BCUT2D eigenvalue weighted by Gasteiger charge is -2.22. The van der Waals surface area contributed by atoms with E-state index in [9.17, 15) is 13.2 Å². The van der Waals surface area contributed by atoms with Crippen LogP contribution in [0, 0.1) is 18.3 Å².